The minimum Gasteiger partial charge on any atom is -0.310 e. The minimum atomic E-state index is 0.549. The van der Waals surface area contributed by atoms with E-state index < -0.39 is 0 Å². The smallest absolute Gasteiger partial charge is 0.160 e. The maximum atomic E-state index is 5.94. The first-order valence-electron chi connectivity index (χ1n) is 7.09. The molecular weight excluding hydrogens is 258 g/mol. The van der Waals surface area contributed by atoms with Gasteiger partial charge < -0.3 is 4.57 Å². The summed E-state index contributed by atoms with van der Waals surface area (Å²) in [5, 5.41) is 0. The molecule has 19 heavy (non-hydrogen) atoms. The van der Waals surface area contributed by atoms with Gasteiger partial charge >= 0.3 is 0 Å². The topological polar surface area (TPSA) is 30.7 Å². The first kappa shape index (κ1) is 12.9. The SMILES string of the molecule is Cc1ccnc2c1nc(CCCl)n2C1CCC(C)C1. The number of fused-ring (bicyclic) bond motifs is 1. The molecule has 0 N–H and O–H groups in total. The summed E-state index contributed by atoms with van der Waals surface area (Å²) in [4.78, 5) is 9.36. The molecule has 2 heterocycles. The van der Waals surface area contributed by atoms with Gasteiger partial charge in [-0.2, -0.15) is 0 Å². The van der Waals surface area contributed by atoms with Crippen molar-refractivity contribution in [3.05, 3.63) is 23.7 Å². The summed E-state index contributed by atoms with van der Waals surface area (Å²) in [7, 11) is 0. The van der Waals surface area contributed by atoms with E-state index in [1.54, 1.807) is 0 Å². The van der Waals surface area contributed by atoms with Crippen molar-refractivity contribution in [3.8, 4) is 0 Å². The highest BCUT2D eigenvalue weighted by Gasteiger charge is 2.27. The predicted octanol–water partition coefficient (Wildman–Crippen LogP) is 3.88. The average molecular weight is 278 g/mol. The van der Waals surface area contributed by atoms with Crippen molar-refractivity contribution >= 4 is 22.8 Å². The van der Waals surface area contributed by atoms with Gasteiger partial charge in [0, 0.05) is 24.5 Å². The molecule has 102 valence electrons. The van der Waals surface area contributed by atoms with Crippen molar-refractivity contribution in [2.75, 3.05) is 5.88 Å². The summed E-state index contributed by atoms with van der Waals surface area (Å²) in [6, 6.07) is 2.58. The van der Waals surface area contributed by atoms with E-state index in [-0.39, 0.29) is 0 Å². The summed E-state index contributed by atoms with van der Waals surface area (Å²) >= 11 is 5.94. The Morgan fingerprint density at radius 1 is 1.42 bits per heavy atom. The van der Waals surface area contributed by atoms with Crippen LogP contribution in [0, 0.1) is 12.8 Å². The average Bonchev–Trinajstić information content (AvgIpc) is 2.94. The summed E-state index contributed by atoms with van der Waals surface area (Å²) in [5.41, 5.74) is 3.28. The zero-order chi connectivity index (χ0) is 13.4. The third kappa shape index (κ3) is 2.25. The molecular formula is C15H20ClN3. The van der Waals surface area contributed by atoms with E-state index in [9.17, 15) is 0 Å². The fourth-order valence-corrected chi connectivity index (χ4v) is 3.38. The van der Waals surface area contributed by atoms with Gasteiger partial charge in [0.05, 0.1) is 0 Å². The van der Waals surface area contributed by atoms with Crippen LogP contribution in [0.5, 0.6) is 0 Å². The molecule has 1 aliphatic carbocycles. The maximum absolute atomic E-state index is 5.94. The molecule has 0 spiro atoms. The third-order valence-corrected chi connectivity index (χ3v) is 4.39. The van der Waals surface area contributed by atoms with Gasteiger partial charge in [0.1, 0.15) is 11.3 Å². The summed E-state index contributed by atoms with van der Waals surface area (Å²) in [6.45, 7) is 4.43. The van der Waals surface area contributed by atoms with Gasteiger partial charge in [-0.05, 0) is 43.7 Å². The van der Waals surface area contributed by atoms with Gasteiger partial charge in [0.2, 0.25) is 0 Å². The number of nitrogens with zero attached hydrogens (tertiary/aromatic N) is 3. The fraction of sp³-hybridized carbons (Fsp3) is 0.600. The standard InChI is InChI=1S/C15H20ClN3/c1-10-3-4-12(9-10)19-13(5-7-16)18-14-11(2)6-8-17-15(14)19/h6,8,10,12H,3-5,7,9H2,1-2H3. The van der Waals surface area contributed by atoms with E-state index >= 15 is 0 Å². The Morgan fingerprint density at radius 3 is 2.95 bits per heavy atom. The number of aryl methyl sites for hydroxylation is 2. The molecule has 0 aromatic carbocycles. The predicted molar refractivity (Wildman–Crippen MR) is 78.7 cm³/mol. The number of imidazole rings is 1. The van der Waals surface area contributed by atoms with E-state index in [1.165, 1.54) is 24.8 Å². The minimum absolute atomic E-state index is 0.549. The molecule has 4 heteroatoms. The van der Waals surface area contributed by atoms with Crippen LogP contribution < -0.4 is 0 Å². The molecule has 1 aliphatic rings. The van der Waals surface area contributed by atoms with Gasteiger partial charge in [0.15, 0.2) is 5.65 Å². The quantitative estimate of drug-likeness (QED) is 0.797. The Bertz CT molecular complexity index is 590. The summed E-state index contributed by atoms with van der Waals surface area (Å²) in [5.74, 6) is 2.52. The third-order valence-electron chi connectivity index (χ3n) is 4.20. The van der Waals surface area contributed by atoms with Crippen molar-refractivity contribution in [2.45, 2.75) is 45.6 Å². The normalized spacial score (nSPS) is 23.3. The molecule has 2 unspecified atom stereocenters. The monoisotopic (exact) mass is 277 g/mol. The van der Waals surface area contributed by atoms with E-state index in [4.69, 9.17) is 16.6 Å². The van der Waals surface area contributed by atoms with Gasteiger partial charge in [-0.25, -0.2) is 9.97 Å². The van der Waals surface area contributed by atoms with Gasteiger partial charge in [-0.3, -0.25) is 0 Å². The van der Waals surface area contributed by atoms with E-state index in [0.29, 0.717) is 11.9 Å². The van der Waals surface area contributed by atoms with Gasteiger partial charge in [0.25, 0.3) is 0 Å². The Hall–Kier alpha value is -1.09. The number of hydrogen-bond acceptors (Lipinski definition) is 2. The van der Waals surface area contributed by atoms with Gasteiger partial charge in [-0.1, -0.05) is 6.92 Å². The largest absolute Gasteiger partial charge is 0.310 e. The van der Waals surface area contributed by atoms with Crippen molar-refractivity contribution in [3.63, 3.8) is 0 Å². The molecule has 2 atom stereocenters. The van der Waals surface area contributed by atoms with Crippen LogP contribution in [-0.2, 0) is 6.42 Å². The Kier molecular flexibility index (Phi) is 3.48. The summed E-state index contributed by atoms with van der Waals surface area (Å²) < 4.78 is 2.36. The second-order valence-corrected chi connectivity index (χ2v) is 6.09. The van der Waals surface area contributed by atoms with Crippen LogP contribution in [0.4, 0.5) is 0 Å². The number of rotatable bonds is 3. The van der Waals surface area contributed by atoms with Crippen LogP contribution in [0.3, 0.4) is 0 Å². The maximum Gasteiger partial charge on any atom is 0.160 e. The van der Waals surface area contributed by atoms with Crippen molar-refractivity contribution in [1.29, 1.82) is 0 Å². The molecule has 2 aromatic rings. The second-order valence-electron chi connectivity index (χ2n) is 5.71. The molecule has 0 saturated heterocycles. The first-order valence-corrected chi connectivity index (χ1v) is 7.62. The van der Waals surface area contributed by atoms with Crippen LogP contribution in [0.2, 0.25) is 0 Å². The lowest BCUT2D eigenvalue weighted by molar-refractivity contribution is 0.487. The molecule has 0 radical (unpaired) electrons. The van der Waals surface area contributed by atoms with Crippen molar-refractivity contribution < 1.29 is 0 Å². The lowest BCUT2D eigenvalue weighted by atomic mass is 10.1. The van der Waals surface area contributed by atoms with Crippen LogP contribution in [0.15, 0.2) is 12.3 Å². The van der Waals surface area contributed by atoms with Gasteiger partial charge in [-0.15, -0.1) is 11.6 Å². The zero-order valence-electron chi connectivity index (χ0n) is 11.6. The second kappa shape index (κ2) is 5.12. The number of alkyl halides is 1. The highest BCUT2D eigenvalue weighted by Crippen LogP contribution is 2.37. The lowest BCUT2D eigenvalue weighted by Crippen LogP contribution is -2.11. The highest BCUT2D eigenvalue weighted by molar-refractivity contribution is 6.17. The molecule has 3 rings (SSSR count). The number of aromatic nitrogens is 3. The van der Waals surface area contributed by atoms with Crippen LogP contribution in [-0.4, -0.2) is 20.4 Å². The molecule has 3 nitrogen and oxygen atoms in total. The number of pyridine rings is 1. The van der Waals surface area contributed by atoms with E-state index in [0.717, 1.165) is 29.3 Å². The van der Waals surface area contributed by atoms with Crippen molar-refractivity contribution in [2.24, 2.45) is 5.92 Å². The molecule has 1 fully saturated rings. The van der Waals surface area contributed by atoms with E-state index in [1.807, 2.05) is 12.3 Å². The molecule has 0 aliphatic heterocycles. The molecule has 1 saturated carbocycles. The molecule has 0 bridgehead atoms. The number of hydrogen-bond donors (Lipinski definition) is 0. The Labute approximate surface area is 119 Å². The Morgan fingerprint density at radius 2 is 2.26 bits per heavy atom. The molecule has 2 aromatic heterocycles. The van der Waals surface area contributed by atoms with Crippen LogP contribution >= 0.6 is 11.6 Å². The van der Waals surface area contributed by atoms with Crippen LogP contribution in [0.1, 0.15) is 43.6 Å². The van der Waals surface area contributed by atoms with Crippen LogP contribution in [0.25, 0.3) is 11.2 Å². The molecule has 0 amide bonds. The summed E-state index contributed by atoms with van der Waals surface area (Å²) in [6.07, 6.45) is 6.48. The highest BCUT2D eigenvalue weighted by atomic mass is 35.5. The lowest BCUT2D eigenvalue weighted by Gasteiger charge is -2.15. The number of halogens is 1. The van der Waals surface area contributed by atoms with E-state index in [2.05, 4.69) is 23.4 Å². The Balaban J connectivity index is 2.14. The fourth-order valence-electron chi connectivity index (χ4n) is 3.21. The van der Waals surface area contributed by atoms with Crippen molar-refractivity contribution in [1.82, 2.24) is 14.5 Å². The first-order chi connectivity index (χ1) is 9.20. The zero-order valence-corrected chi connectivity index (χ0v) is 12.3.